The second-order valence-electron chi connectivity index (χ2n) is 2.40. The van der Waals surface area contributed by atoms with Crippen molar-refractivity contribution in [3.05, 3.63) is 35.9 Å². The van der Waals surface area contributed by atoms with E-state index in [1.54, 1.807) is 7.05 Å². The van der Waals surface area contributed by atoms with E-state index in [2.05, 4.69) is 0 Å². The number of hydrogen-bond acceptors (Lipinski definition) is 2. The summed E-state index contributed by atoms with van der Waals surface area (Å²) in [7, 11) is 1.62. The number of benzene rings is 1. The molecule has 2 nitrogen and oxygen atoms in total. The summed E-state index contributed by atoms with van der Waals surface area (Å²) in [5.41, 5.74) is 1.04. The van der Waals surface area contributed by atoms with Gasteiger partial charge in [-0.3, -0.25) is 5.21 Å². The van der Waals surface area contributed by atoms with Crippen molar-refractivity contribution in [1.29, 1.82) is 0 Å². The van der Waals surface area contributed by atoms with Gasteiger partial charge in [0.25, 0.3) is 5.04 Å². The topological polar surface area (TPSA) is 23.2 Å². The van der Waals surface area contributed by atoms with Gasteiger partial charge in [-0.1, -0.05) is 30.0 Å². The summed E-state index contributed by atoms with van der Waals surface area (Å²) in [5.74, 6) is 0. The maximum Gasteiger partial charge on any atom is 0.290 e. The number of halogens is 1. The molecule has 1 N–H and O–H groups in total. The molecule has 4 heteroatoms. The molecule has 0 unspecified atom stereocenters. The van der Waals surface area contributed by atoms with E-state index in [4.69, 9.17) is 0 Å². The van der Waals surface area contributed by atoms with Crippen LogP contribution in [-0.4, -0.2) is 28.3 Å². The molecular formula is C9H13INOS+. The zero-order chi connectivity index (χ0) is 8.97. The van der Waals surface area contributed by atoms with Gasteiger partial charge in [-0.05, 0) is 23.1 Å². The van der Waals surface area contributed by atoms with E-state index < -0.39 is 0 Å². The van der Waals surface area contributed by atoms with Crippen LogP contribution in [0.25, 0.3) is 0 Å². The molecule has 0 aliphatic carbocycles. The van der Waals surface area contributed by atoms with Gasteiger partial charge in [0, 0.05) is 0 Å². The predicted octanol–water partition coefficient (Wildman–Crippen LogP) is 2.45. The molecule has 0 saturated heterocycles. The predicted molar refractivity (Wildman–Crippen MR) is 67.5 cm³/mol. The summed E-state index contributed by atoms with van der Waals surface area (Å²) in [6.45, 7) is 0. The summed E-state index contributed by atoms with van der Waals surface area (Å²) >= 11 is 1.52. The Labute approximate surface area is 99.6 Å². The summed E-state index contributed by atoms with van der Waals surface area (Å²) < 4.78 is 1.14. The Hall–Kier alpha value is -0.230. The van der Waals surface area contributed by atoms with Crippen molar-refractivity contribution < 1.29 is 9.95 Å². The van der Waals surface area contributed by atoms with Crippen LogP contribution in [0, 0.1) is 0 Å². The van der Waals surface area contributed by atoms with Crippen LogP contribution < -0.4 is 0 Å². The number of nitrogens with zero attached hydrogens (tertiary/aromatic N) is 1. The molecule has 0 fully saturated rings. The lowest BCUT2D eigenvalue weighted by molar-refractivity contribution is -0.752. The molecule has 13 heavy (non-hydrogen) atoms. The first-order valence-corrected chi connectivity index (χ1v) is 4.87. The van der Waals surface area contributed by atoms with Crippen molar-refractivity contribution >= 4 is 40.8 Å². The van der Waals surface area contributed by atoms with Crippen LogP contribution in [0.2, 0.25) is 0 Å². The lowest BCUT2D eigenvalue weighted by Crippen LogP contribution is -2.10. The van der Waals surface area contributed by atoms with Gasteiger partial charge in [0.15, 0.2) is 7.05 Å². The lowest BCUT2D eigenvalue weighted by atomic mass is 10.2. The molecule has 0 radical (unpaired) electrons. The van der Waals surface area contributed by atoms with Crippen LogP contribution in [-0.2, 0) is 0 Å². The fourth-order valence-corrected chi connectivity index (χ4v) is 1.65. The maximum atomic E-state index is 9.24. The van der Waals surface area contributed by atoms with Gasteiger partial charge in [-0.15, -0.1) is 24.0 Å². The molecule has 0 heterocycles. The largest absolute Gasteiger partial charge is 0.290 e. The van der Waals surface area contributed by atoms with Gasteiger partial charge in [0.2, 0.25) is 0 Å². The van der Waals surface area contributed by atoms with E-state index in [0.29, 0.717) is 0 Å². The Morgan fingerprint density at radius 3 is 2.23 bits per heavy atom. The minimum atomic E-state index is 0. The Bertz CT molecular complexity index is 283. The highest BCUT2D eigenvalue weighted by molar-refractivity contribution is 14.0. The van der Waals surface area contributed by atoms with Crippen molar-refractivity contribution in [1.82, 2.24) is 0 Å². The van der Waals surface area contributed by atoms with Gasteiger partial charge in [0.05, 0.1) is 5.56 Å². The average Bonchev–Trinajstić information content (AvgIpc) is 2.07. The van der Waals surface area contributed by atoms with Crippen LogP contribution in [0.1, 0.15) is 5.56 Å². The van der Waals surface area contributed by atoms with Crippen LogP contribution in [0.3, 0.4) is 0 Å². The Morgan fingerprint density at radius 1 is 1.31 bits per heavy atom. The molecule has 0 bridgehead atoms. The second kappa shape index (κ2) is 6.26. The maximum absolute atomic E-state index is 9.24. The number of hydrogen-bond donors (Lipinski definition) is 1. The van der Waals surface area contributed by atoms with Gasteiger partial charge in [-0.2, -0.15) is 0 Å². The smallest absolute Gasteiger partial charge is 0.290 e. The van der Waals surface area contributed by atoms with Gasteiger partial charge in [-0.25, -0.2) is 0 Å². The molecule has 1 aromatic rings. The molecule has 0 spiro atoms. The number of thioether (sulfide) groups is 1. The van der Waals surface area contributed by atoms with Crippen LogP contribution in [0.5, 0.6) is 0 Å². The van der Waals surface area contributed by atoms with Crippen LogP contribution in [0.15, 0.2) is 30.3 Å². The number of hydroxylamine groups is 1. The standard InChI is InChI=1S/C9H12NOS.HI/c1-10(11)9(12-2)8-6-4-3-5-7-8;/h3-7,11H,1-2H3;1H/q+1;/b10-9+;. The van der Waals surface area contributed by atoms with E-state index in [9.17, 15) is 5.21 Å². The van der Waals surface area contributed by atoms with Gasteiger partial charge >= 0.3 is 0 Å². The van der Waals surface area contributed by atoms with Crippen molar-refractivity contribution in [2.75, 3.05) is 13.3 Å². The molecule has 0 amide bonds. The Kier molecular flexibility index (Phi) is 6.15. The third-order valence-electron chi connectivity index (χ3n) is 1.51. The highest BCUT2D eigenvalue weighted by Crippen LogP contribution is 2.08. The highest BCUT2D eigenvalue weighted by Gasteiger charge is 2.11. The third kappa shape index (κ3) is 3.56. The first-order valence-electron chi connectivity index (χ1n) is 3.64. The average molecular weight is 310 g/mol. The van der Waals surface area contributed by atoms with Crippen molar-refractivity contribution in [2.24, 2.45) is 0 Å². The molecule has 1 rings (SSSR count). The van der Waals surface area contributed by atoms with Crippen molar-refractivity contribution in [2.45, 2.75) is 0 Å². The molecule has 72 valence electrons. The van der Waals surface area contributed by atoms with Crippen molar-refractivity contribution in [3.8, 4) is 0 Å². The first kappa shape index (κ1) is 12.8. The second-order valence-corrected chi connectivity index (χ2v) is 3.19. The quantitative estimate of drug-likeness (QED) is 0.215. The Morgan fingerprint density at radius 2 is 1.85 bits per heavy atom. The van der Waals surface area contributed by atoms with E-state index in [1.807, 2.05) is 36.6 Å². The fourth-order valence-electron chi connectivity index (χ4n) is 1.02. The summed E-state index contributed by atoms with van der Waals surface area (Å²) in [6, 6.07) is 9.81. The highest BCUT2D eigenvalue weighted by atomic mass is 127. The first-order chi connectivity index (χ1) is 5.75. The van der Waals surface area contributed by atoms with Gasteiger partial charge in [0.1, 0.15) is 0 Å². The summed E-state index contributed by atoms with van der Waals surface area (Å²) in [6.07, 6.45) is 1.94. The van der Waals surface area contributed by atoms with E-state index in [0.717, 1.165) is 15.3 Å². The summed E-state index contributed by atoms with van der Waals surface area (Å²) in [4.78, 5) is 0. The normalized spacial score (nSPS) is 11.5. The minimum absolute atomic E-state index is 0. The number of rotatable bonds is 1. The van der Waals surface area contributed by atoms with Crippen molar-refractivity contribution in [3.63, 3.8) is 0 Å². The fraction of sp³-hybridized carbons (Fsp3) is 0.222. The molecular weight excluding hydrogens is 297 g/mol. The molecule has 0 aliphatic heterocycles. The molecule has 0 aliphatic rings. The Balaban J connectivity index is 0.00000144. The van der Waals surface area contributed by atoms with E-state index in [1.165, 1.54) is 11.8 Å². The van der Waals surface area contributed by atoms with Gasteiger partial charge < -0.3 is 0 Å². The van der Waals surface area contributed by atoms with Crippen LogP contribution >= 0.6 is 35.7 Å². The molecule has 0 saturated carbocycles. The molecule has 0 atom stereocenters. The zero-order valence-electron chi connectivity index (χ0n) is 7.60. The lowest BCUT2D eigenvalue weighted by Gasteiger charge is -1.96. The third-order valence-corrected chi connectivity index (χ3v) is 2.39. The SMILES string of the molecule is CS/C(c1ccccc1)=[N+](\C)O.I. The minimum Gasteiger partial charge on any atom is -0.290 e. The molecule has 1 aromatic carbocycles. The van der Waals surface area contributed by atoms with E-state index >= 15 is 0 Å². The molecule has 0 aromatic heterocycles. The van der Waals surface area contributed by atoms with Crippen LogP contribution in [0.4, 0.5) is 0 Å². The zero-order valence-corrected chi connectivity index (χ0v) is 10.7. The summed E-state index contributed by atoms with van der Waals surface area (Å²) in [5, 5.41) is 10.1. The van der Waals surface area contributed by atoms with E-state index in [-0.39, 0.29) is 24.0 Å². The monoisotopic (exact) mass is 310 g/mol.